The number of rotatable bonds is 2. The minimum absolute atomic E-state index is 0.0945. The highest BCUT2D eigenvalue weighted by Gasteiger charge is 2.45. The highest BCUT2D eigenvalue weighted by Crippen LogP contribution is 2.24. The normalized spacial score (nSPS) is 23.2. The Morgan fingerprint density at radius 1 is 1.00 bits per heavy atom. The summed E-state index contributed by atoms with van der Waals surface area (Å²) in [6.45, 7) is 10.0. The largest absolute Gasteiger partial charge is 0.459 e. The van der Waals surface area contributed by atoms with Gasteiger partial charge in [0.25, 0.3) is 0 Å². The van der Waals surface area contributed by atoms with Gasteiger partial charge in [-0.15, -0.1) is 0 Å². The lowest BCUT2D eigenvalue weighted by molar-refractivity contribution is -0.176. The van der Waals surface area contributed by atoms with Gasteiger partial charge in [0.1, 0.15) is 6.61 Å². The van der Waals surface area contributed by atoms with E-state index in [1.807, 2.05) is 0 Å². The predicted octanol–water partition coefficient (Wildman–Crippen LogP) is 1.46. The predicted molar refractivity (Wildman–Crippen MR) is 69.6 cm³/mol. The quantitative estimate of drug-likeness (QED) is 0.565. The van der Waals surface area contributed by atoms with Crippen LogP contribution in [0.2, 0.25) is 0 Å². The van der Waals surface area contributed by atoms with Gasteiger partial charge in [-0.1, -0.05) is 0 Å². The molecule has 0 saturated carbocycles. The monoisotopic (exact) mass is 286 g/mol. The zero-order chi connectivity index (χ0) is 15.7. The van der Waals surface area contributed by atoms with Gasteiger partial charge < -0.3 is 14.2 Å². The fraction of sp³-hybridized carbons (Fsp3) is 0.786. The van der Waals surface area contributed by atoms with Crippen LogP contribution in [0.5, 0.6) is 0 Å². The van der Waals surface area contributed by atoms with E-state index in [1.165, 1.54) is 0 Å². The van der Waals surface area contributed by atoms with E-state index >= 15 is 0 Å². The smallest absolute Gasteiger partial charge is 0.351 e. The van der Waals surface area contributed by atoms with Crippen molar-refractivity contribution in [2.24, 2.45) is 10.8 Å². The third-order valence-electron chi connectivity index (χ3n) is 2.68. The summed E-state index contributed by atoms with van der Waals surface area (Å²) in [6.07, 6.45) is -2.08. The molecule has 1 aliphatic heterocycles. The first-order chi connectivity index (χ1) is 8.93. The summed E-state index contributed by atoms with van der Waals surface area (Å²) in [5.41, 5.74) is -1.45. The first kappa shape index (κ1) is 16.5. The first-order valence-corrected chi connectivity index (χ1v) is 6.52. The van der Waals surface area contributed by atoms with Crippen LogP contribution in [0.4, 0.5) is 0 Å². The molecule has 1 heterocycles. The third-order valence-corrected chi connectivity index (χ3v) is 2.68. The summed E-state index contributed by atoms with van der Waals surface area (Å²) in [6, 6.07) is 0. The summed E-state index contributed by atoms with van der Waals surface area (Å²) in [5.74, 6) is -1.70. The van der Waals surface area contributed by atoms with Crippen LogP contribution in [0.1, 0.15) is 41.5 Å². The summed E-state index contributed by atoms with van der Waals surface area (Å²) in [4.78, 5) is 35.2. The van der Waals surface area contributed by atoms with Crippen molar-refractivity contribution in [3.8, 4) is 0 Å². The lowest BCUT2D eigenvalue weighted by Crippen LogP contribution is -2.40. The van der Waals surface area contributed by atoms with Crippen LogP contribution in [0.3, 0.4) is 0 Å². The molecule has 0 aromatic carbocycles. The van der Waals surface area contributed by atoms with E-state index in [1.54, 1.807) is 41.5 Å². The SMILES string of the molecule is CC(C)(C)C(=O)O[C@@H]1C(=O)OC[C@H]1OC(=O)C(C)(C)C. The summed E-state index contributed by atoms with van der Waals surface area (Å²) < 4.78 is 15.1. The van der Waals surface area contributed by atoms with Crippen LogP contribution in [0.25, 0.3) is 0 Å². The molecule has 0 radical (unpaired) electrons. The van der Waals surface area contributed by atoms with Crippen LogP contribution in [0, 0.1) is 10.8 Å². The number of esters is 3. The summed E-state index contributed by atoms with van der Waals surface area (Å²) >= 11 is 0. The van der Waals surface area contributed by atoms with E-state index in [9.17, 15) is 14.4 Å². The van der Waals surface area contributed by atoms with E-state index in [4.69, 9.17) is 14.2 Å². The van der Waals surface area contributed by atoms with E-state index in [0.717, 1.165) is 0 Å². The minimum atomic E-state index is -1.19. The molecule has 1 fully saturated rings. The van der Waals surface area contributed by atoms with E-state index < -0.39 is 40.9 Å². The molecule has 0 unspecified atom stereocenters. The van der Waals surface area contributed by atoms with Gasteiger partial charge in [0.15, 0.2) is 6.10 Å². The fourth-order valence-corrected chi connectivity index (χ4v) is 1.31. The maximum Gasteiger partial charge on any atom is 0.351 e. The van der Waals surface area contributed by atoms with Crippen LogP contribution >= 0.6 is 0 Å². The number of hydrogen-bond donors (Lipinski definition) is 0. The average molecular weight is 286 g/mol. The maximum absolute atomic E-state index is 11.8. The Hall–Kier alpha value is -1.59. The van der Waals surface area contributed by atoms with Gasteiger partial charge in [0, 0.05) is 0 Å². The van der Waals surface area contributed by atoms with Crippen molar-refractivity contribution in [1.29, 1.82) is 0 Å². The van der Waals surface area contributed by atoms with Crippen molar-refractivity contribution in [2.45, 2.75) is 53.8 Å². The second-order valence-electron chi connectivity index (χ2n) is 6.90. The topological polar surface area (TPSA) is 78.9 Å². The Morgan fingerprint density at radius 3 is 1.90 bits per heavy atom. The van der Waals surface area contributed by atoms with Gasteiger partial charge in [0.2, 0.25) is 6.10 Å². The lowest BCUT2D eigenvalue weighted by atomic mass is 9.97. The maximum atomic E-state index is 11.8. The molecule has 6 heteroatoms. The fourth-order valence-electron chi connectivity index (χ4n) is 1.31. The number of carbonyl (C=O) groups excluding carboxylic acids is 3. The van der Waals surface area contributed by atoms with E-state index in [2.05, 4.69) is 0 Å². The van der Waals surface area contributed by atoms with Crippen molar-refractivity contribution in [2.75, 3.05) is 6.61 Å². The number of ether oxygens (including phenoxy) is 3. The molecule has 114 valence electrons. The van der Waals surface area contributed by atoms with Crippen molar-refractivity contribution in [3.63, 3.8) is 0 Å². The Bertz CT molecular complexity index is 412. The highest BCUT2D eigenvalue weighted by molar-refractivity contribution is 5.84. The lowest BCUT2D eigenvalue weighted by Gasteiger charge is -2.24. The third kappa shape index (κ3) is 3.95. The Labute approximate surface area is 118 Å². The van der Waals surface area contributed by atoms with E-state index in [-0.39, 0.29) is 6.61 Å². The molecule has 20 heavy (non-hydrogen) atoms. The van der Waals surface area contributed by atoms with Crippen molar-refractivity contribution >= 4 is 17.9 Å². The Balaban J connectivity index is 2.75. The molecule has 1 aliphatic rings. The average Bonchev–Trinajstić information content (AvgIpc) is 2.58. The molecule has 1 saturated heterocycles. The van der Waals surface area contributed by atoms with Crippen LogP contribution < -0.4 is 0 Å². The molecule has 1 rings (SSSR count). The minimum Gasteiger partial charge on any atom is -0.459 e. The number of carbonyl (C=O) groups is 3. The molecule has 0 amide bonds. The van der Waals surface area contributed by atoms with Crippen molar-refractivity contribution < 1.29 is 28.6 Å². The first-order valence-electron chi connectivity index (χ1n) is 6.52. The van der Waals surface area contributed by atoms with Gasteiger partial charge >= 0.3 is 17.9 Å². The van der Waals surface area contributed by atoms with Gasteiger partial charge in [-0.25, -0.2) is 4.79 Å². The Morgan fingerprint density at radius 2 is 1.45 bits per heavy atom. The highest BCUT2D eigenvalue weighted by atomic mass is 16.7. The zero-order valence-corrected chi connectivity index (χ0v) is 12.8. The standard InChI is InChI=1S/C14H22O6/c1-13(2,3)11(16)19-8-7-18-10(15)9(8)20-12(17)14(4,5)6/h8-9H,7H2,1-6H3/t8-,9+/m1/s1. The molecule has 0 spiro atoms. The van der Waals surface area contributed by atoms with Gasteiger partial charge in [0.05, 0.1) is 10.8 Å². The van der Waals surface area contributed by atoms with Gasteiger partial charge in [-0.3, -0.25) is 9.59 Å². The van der Waals surface area contributed by atoms with Crippen LogP contribution in [-0.2, 0) is 28.6 Å². The summed E-state index contributed by atoms with van der Waals surface area (Å²) in [5, 5.41) is 0. The van der Waals surface area contributed by atoms with Crippen LogP contribution in [-0.4, -0.2) is 36.7 Å². The van der Waals surface area contributed by atoms with Crippen molar-refractivity contribution in [3.05, 3.63) is 0 Å². The number of cyclic esters (lactones) is 1. The molecule has 6 nitrogen and oxygen atoms in total. The molecular formula is C14H22O6. The summed E-state index contributed by atoms with van der Waals surface area (Å²) in [7, 11) is 0. The van der Waals surface area contributed by atoms with Gasteiger partial charge in [-0.05, 0) is 41.5 Å². The van der Waals surface area contributed by atoms with Crippen LogP contribution in [0.15, 0.2) is 0 Å². The molecular weight excluding hydrogens is 264 g/mol. The molecule has 0 aromatic rings. The second-order valence-corrected chi connectivity index (χ2v) is 6.90. The Kier molecular flexibility index (Phi) is 4.46. The van der Waals surface area contributed by atoms with Crippen molar-refractivity contribution in [1.82, 2.24) is 0 Å². The number of hydrogen-bond acceptors (Lipinski definition) is 6. The molecule has 2 atom stereocenters. The van der Waals surface area contributed by atoms with Gasteiger partial charge in [-0.2, -0.15) is 0 Å². The molecule has 0 bridgehead atoms. The second kappa shape index (κ2) is 5.42. The molecule has 0 aliphatic carbocycles. The molecule has 0 N–H and O–H groups in total. The molecule has 0 aromatic heterocycles. The zero-order valence-electron chi connectivity index (χ0n) is 12.8. The van der Waals surface area contributed by atoms with E-state index in [0.29, 0.717) is 0 Å².